The molecule has 1 heterocycles. The molecule has 0 fully saturated rings. The van der Waals surface area contributed by atoms with Crippen LogP contribution in [-0.4, -0.2) is 24.5 Å². The Morgan fingerprint density at radius 3 is 2.81 bits per heavy atom. The van der Waals surface area contributed by atoms with Crippen molar-refractivity contribution in [2.75, 3.05) is 19.0 Å². The van der Waals surface area contributed by atoms with E-state index in [1.54, 1.807) is 25.4 Å². The minimum Gasteiger partial charge on any atom is -0.496 e. The van der Waals surface area contributed by atoms with Gasteiger partial charge in [-0.05, 0) is 25.1 Å². The summed E-state index contributed by atoms with van der Waals surface area (Å²) >= 11 is 0. The van der Waals surface area contributed by atoms with Gasteiger partial charge in [-0.2, -0.15) is 0 Å². The molecule has 2 rings (SSSR count). The van der Waals surface area contributed by atoms with Crippen LogP contribution in [0.3, 0.4) is 0 Å². The molecule has 1 amide bonds. The predicted octanol–water partition coefficient (Wildman–Crippen LogP) is 2.45. The Labute approximate surface area is 124 Å². The van der Waals surface area contributed by atoms with Crippen LogP contribution in [0.2, 0.25) is 0 Å². The number of ether oxygens (including phenoxy) is 1. The van der Waals surface area contributed by atoms with Crippen LogP contribution >= 0.6 is 0 Å². The second kappa shape index (κ2) is 7.28. The smallest absolute Gasteiger partial charge is 0.255 e. The molecule has 0 saturated carbocycles. The van der Waals surface area contributed by atoms with Gasteiger partial charge >= 0.3 is 0 Å². The van der Waals surface area contributed by atoms with Crippen molar-refractivity contribution in [2.24, 2.45) is 0 Å². The number of carbonyl (C=O) groups excluding carboxylic acids is 1. The summed E-state index contributed by atoms with van der Waals surface area (Å²) in [6.45, 7) is 3.08. The minimum atomic E-state index is -0.162. The molecular formula is C16H19N3O2. The van der Waals surface area contributed by atoms with Crippen LogP contribution in [0.5, 0.6) is 5.75 Å². The third-order valence-corrected chi connectivity index (χ3v) is 3.03. The maximum Gasteiger partial charge on any atom is 0.255 e. The quantitative estimate of drug-likeness (QED) is 0.855. The monoisotopic (exact) mass is 285 g/mol. The Hall–Kier alpha value is -2.56. The third kappa shape index (κ3) is 3.72. The molecule has 0 saturated heterocycles. The number of hydrogen-bond donors (Lipinski definition) is 2. The zero-order valence-corrected chi connectivity index (χ0v) is 12.2. The Bertz CT molecular complexity index is 614. The summed E-state index contributed by atoms with van der Waals surface area (Å²) < 4.78 is 5.27. The van der Waals surface area contributed by atoms with Crippen molar-refractivity contribution < 1.29 is 9.53 Å². The van der Waals surface area contributed by atoms with Crippen LogP contribution in [0.1, 0.15) is 22.8 Å². The van der Waals surface area contributed by atoms with E-state index >= 15 is 0 Å². The molecule has 5 nitrogen and oxygen atoms in total. The first-order valence-electron chi connectivity index (χ1n) is 6.85. The summed E-state index contributed by atoms with van der Waals surface area (Å²) in [5, 5.41) is 5.97. The van der Waals surface area contributed by atoms with Crippen molar-refractivity contribution in [2.45, 2.75) is 13.5 Å². The summed E-state index contributed by atoms with van der Waals surface area (Å²) in [6.07, 6.45) is 1.66. The van der Waals surface area contributed by atoms with Crippen molar-refractivity contribution >= 4 is 11.7 Å². The molecule has 0 unspecified atom stereocenters. The number of amides is 1. The van der Waals surface area contributed by atoms with E-state index in [1.165, 1.54) is 0 Å². The van der Waals surface area contributed by atoms with Gasteiger partial charge in [0.15, 0.2) is 0 Å². The molecule has 0 bridgehead atoms. The molecule has 110 valence electrons. The van der Waals surface area contributed by atoms with Gasteiger partial charge in [0, 0.05) is 24.8 Å². The number of anilines is 1. The van der Waals surface area contributed by atoms with Crippen molar-refractivity contribution in [1.82, 2.24) is 10.3 Å². The molecule has 1 aromatic heterocycles. The van der Waals surface area contributed by atoms with Gasteiger partial charge in [0.2, 0.25) is 0 Å². The normalized spacial score (nSPS) is 10.0. The number of hydrogen-bond acceptors (Lipinski definition) is 4. The topological polar surface area (TPSA) is 63.2 Å². The summed E-state index contributed by atoms with van der Waals surface area (Å²) in [6, 6.07) is 11.1. The van der Waals surface area contributed by atoms with Crippen molar-refractivity contribution in [1.29, 1.82) is 0 Å². The number of nitrogens with one attached hydrogen (secondary N) is 2. The predicted molar refractivity (Wildman–Crippen MR) is 82.6 cm³/mol. The summed E-state index contributed by atoms with van der Waals surface area (Å²) in [7, 11) is 1.62. The Kier molecular flexibility index (Phi) is 5.15. The van der Waals surface area contributed by atoms with Crippen LogP contribution in [0.4, 0.5) is 5.82 Å². The van der Waals surface area contributed by atoms with Crippen LogP contribution in [0.15, 0.2) is 42.6 Å². The fourth-order valence-electron chi connectivity index (χ4n) is 2.02. The molecule has 2 N–H and O–H groups in total. The fraction of sp³-hybridized carbons (Fsp3) is 0.250. The van der Waals surface area contributed by atoms with Gasteiger partial charge in [0.1, 0.15) is 11.6 Å². The molecule has 0 aliphatic heterocycles. The van der Waals surface area contributed by atoms with Gasteiger partial charge in [-0.25, -0.2) is 4.98 Å². The number of pyridine rings is 1. The maximum absolute atomic E-state index is 12.3. The van der Waals surface area contributed by atoms with E-state index in [-0.39, 0.29) is 5.91 Å². The number of aromatic nitrogens is 1. The number of rotatable bonds is 6. The molecule has 21 heavy (non-hydrogen) atoms. The van der Waals surface area contributed by atoms with Crippen LogP contribution in [0, 0.1) is 0 Å². The molecule has 0 aliphatic carbocycles. The van der Waals surface area contributed by atoms with E-state index in [9.17, 15) is 4.79 Å². The largest absolute Gasteiger partial charge is 0.496 e. The molecule has 1 aromatic carbocycles. The summed E-state index contributed by atoms with van der Waals surface area (Å²) in [5.74, 6) is 1.19. The lowest BCUT2D eigenvalue weighted by Gasteiger charge is -2.11. The van der Waals surface area contributed by atoms with Crippen molar-refractivity contribution in [3.05, 3.63) is 53.7 Å². The number of para-hydroxylation sites is 1. The van der Waals surface area contributed by atoms with Crippen LogP contribution in [-0.2, 0) is 6.54 Å². The lowest BCUT2D eigenvalue weighted by atomic mass is 10.2. The molecular weight excluding hydrogens is 266 g/mol. The first kappa shape index (κ1) is 14.8. The second-order valence-electron chi connectivity index (χ2n) is 4.42. The second-order valence-corrected chi connectivity index (χ2v) is 4.42. The van der Waals surface area contributed by atoms with Crippen LogP contribution < -0.4 is 15.4 Å². The molecule has 0 atom stereocenters. The molecule has 0 spiro atoms. The maximum atomic E-state index is 12.3. The highest BCUT2D eigenvalue weighted by Crippen LogP contribution is 2.17. The number of carbonyl (C=O) groups is 1. The fourth-order valence-corrected chi connectivity index (χ4v) is 2.02. The summed E-state index contributed by atoms with van der Waals surface area (Å²) in [5.41, 5.74) is 1.47. The average molecular weight is 285 g/mol. The highest BCUT2D eigenvalue weighted by atomic mass is 16.5. The van der Waals surface area contributed by atoms with E-state index in [4.69, 9.17) is 4.74 Å². The lowest BCUT2D eigenvalue weighted by Crippen LogP contribution is -2.24. The Balaban J connectivity index is 2.08. The first-order valence-corrected chi connectivity index (χ1v) is 6.85. The van der Waals surface area contributed by atoms with E-state index in [2.05, 4.69) is 15.6 Å². The number of nitrogens with zero attached hydrogens (tertiary/aromatic N) is 1. The SMILES string of the molecule is CCNc1ncccc1C(=O)NCc1ccccc1OC. The first-order chi connectivity index (χ1) is 10.3. The van der Waals surface area contributed by atoms with E-state index in [0.29, 0.717) is 24.5 Å². The molecule has 0 aliphatic rings. The van der Waals surface area contributed by atoms with Gasteiger partial charge < -0.3 is 15.4 Å². The third-order valence-electron chi connectivity index (χ3n) is 3.03. The standard InChI is InChI=1S/C16H19N3O2/c1-3-17-15-13(8-6-10-18-15)16(20)19-11-12-7-4-5-9-14(12)21-2/h4-10H,3,11H2,1-2H3,(H,17,18)(H,19,20). The zero-order chi connectivity index (χ0) is 15.1. The molecule has 0 radical (unpaired) electrons. The van der Waals surface area contributed by atoms with Gasteiger partial charge in [0.05, 0.1) is 12.7 Å². The number of methoxy groups -OCH3 is 1. The van der Waals surface area contributed by atoms with Gasteiger partial charge in [-0.1, -0.05) is 18.2 Å². The van der Waals surface area contributed by atoms with Crippen molar-refractivity contribution in [3.8, 4) is 5.75 Å². The molecule has 5 heteroatoms. The van der Waals surface area contributed by atoms with Crippen LogP contribution in [0.25, 0.3) is 0 Å². The minimum absolute atomic E-state index is 0.162. The average Bonchev–Trinajstić information content (AvgIpc) is 2.53. The van der Waals surface area contributed by atoms with Gasteiger partial charge in [-0.3, -0.25) is 4.79 Å². The lowest BCUT2D eigenvalue weighted by molar-refractivity contribution is 0.0951. The van der Waals surface area contributed by atoms with E-state index < -0.39 is 0 Å². The number of benzene rings is 1. The van der Waals surface area contributed by atoms with Gasteiger partial charge in [-0.15, -0.1) is 0 Å². The zero-order valence-electron chi connectivity index (χ0n) is 12.2. The highest BCUT2D eigenvalue weighted by molar-refractivity contribution is 5.98. The highest BCUT2D eigenvalue weighted by Gasteiger charge is 2.12. The Morgan fingerprint density at radius 2 is 2.05 bits per heavy atom. The van der Waals surface area contributed by atoms with Gasteiger partial charge in [0.25, 0.3) is 5.91 Å². The summed E-state index contributed by atoms with van der Waals surface area (Å²) in [4.78, 5) is 16.5. The van der Waals surface area contributed by atoms with E-state index in [0.717, 1.165) is 11.3 Å². The Morgan fingerprint density at radius 1 is 1.24 bits per heavy atom. The molecule has 2 aromatic rings. The van der Waals surface area contributed by atoms with Crippen molar-refractivity contribution in [3.63, 3.8) is 0 Å². The van der Waals surface area contributed by atoms with E-state index in [1.807, 2.05) is 31.2 Å².